The second kappa shape index (κ2) is 9.86. The van der Waals surface area contributed by atoms with Gasteiger partial charge < -0.3 is 30.5 Å². The molecule has 0 radical (unpaired) electrons. The van der Waals surface area contributed by atoms with E-state index in [1.165, 1.54) is 6.08 Å². The number of hydrogen-bond donors (Lipinski definition) is 4. The lowest BCUT2D eigenvalue weighted by molar-refractivity contribution is -0.155. The average molecular weight is 413 g/mol. The second-order valence-corrected chi connectivity index (χ2v) is 7.40. The Kier molecular flexibility index (Phi) is 7.23. The van der Waals surface area contributed by atoms with Crippen LogP contribution in [0.4, 0.5) is 0 Å². The minimum Gasteiger partial charge on any atom is -0.480 e. The van der Waals surface area contributed by atoms with Crippen molar-refractivity contribution in [2.24, 2.45) is 11.7 Å². The molecule has 0 aromatic heterocycles. The van der Waals surface area contributed by atoms with Gasteiger partial charge in [-0.05, 0) is 17.2 Å². The fourth-order valence-electron chi connectivity index (χ4n) is 3.41. The first-order chi connectivity index (χ1) is 14.4. The summed E-state index contributed by atoms with van der Waals surface area (Å²) in [4.78, 5) is 13.0. The molecule has 0 aliphatic carbocycles. The van der Waals surface area contributed by atoms with Crippen LogP contribution in [0.15, 0.2) is 72.5 Å². The number of esters is 1. The van der Waals surface area contributed by atoms with Gasteiger partial charge in [-0.3, -0.25) is 0 Å². The maximum absolute atomic E-state index is 13.0. The van der Waals surface area contributed by atoms with E-state index in [1.54, 1.807) is 6.92 Å². The smallest absolute Gasteiger partial charge is 0.374 e. The molecule has 1 aliphatic rings. The number of aliphatic hydroxyl groups is 3. The summed E-state index contributed by atoms with van der Waals surface area (Å²) >= 11 is 0. The fraction of sp³-hybridized carbons (Fsp3) is 0.348. The van der Waals surface area contributed by atoms with Crippen LogP contribution in [0.3, 0.4) is 0 Å². The Labute approximate surface area is 175 Å². The van der Waals surface area contributed by atoms with Gasteiger partial charge in [-0.1, -0.05) is 67.6 Å². The van der Waals surface area contributed by atoms with Gasteiger partial charge in [0.1, 0.15) is 18.3 Å². The average Bonchev–Trinajstić information content (AvgIpc) is 2.79. The molecule has 5 atom stereocenters. The molecular weight excluding hydrogens is 386 g/mol. The number of aliphatic hydroxyl groups excluding tert-OH is 3. The molecule has 160 valence electrons. The van der Waals surface area contributed by atoms with Crippen molar-refractivity contribution >= 4 is 5.97 Å². The Bertz CT molecular complexity index is 817. The van der Waals surface area contributed by atoms with Crippen molar-refractivity contribution in [3.05, 3.63) is 83.6 Å². The van der Waals surface area contributed by atoms with Crippen LogP contribution >= 0.6 is 0 Å². The predicted octanol–water partition coefficient (Wildman–Crippen LogP) is 1.28. The van der Waals surface area contributed by atoms with E-state index in [2.05, 4.69) is 0 Å². The SMILES string of the molecule is C[C@H]1[C@H]([C@H](O)[C@H](O)CO)OC(C(=O)OC(c2ccccc2)c2ccccc2)=C[C@@H]1N. The third-order valence-electron chi connectivity index (χ3n) is 5.28. The molecule has 30 heavy (non-hydrogen) atoms. The lowest BCUT2D eigenvalue weighted by Gasteiger charge is -2.37. The summed E-state index contributed by atoms with van der Waals surface area (Å²) in [6.45, 7) is 1.09. The first kappa shape index (κ1) is 22.0. The molecule has 7 nitrogen and oxygen atoms in total. The third kappa shape index (κ3) is 4.88. The molecule has 0 saturated heterocycles. The lowest BCUT2D eigenvalue weighted by Crippen LogP contribution is -2.51. The molecule has 3 rings (SSSR count). The van der Waals surface area contributed by atoms with E-state index in [0.717, 1.165) is 11.1 Å². The van der Waals surface area contributed by atoms with Crippen molar-refractivity contribution in [2.75, 3.05) is 6.61 Å². The summed E-state index contributed by atoms with van der Waals surface area (Å²) < 4.78 is 11.5. The molecule has 2 aromatic carbocycles. The van der Waals surface area contributed by atoms with Gasteiger partial charge in [0.15, 0.2) is 6.10 Å². The number of carbonyl (C=O) groups is 1. The molecule has 1 heterocycles. The van der Waals surface area contributed by atoms with E-state index in [4.69, 9.17) is 20.3 Å². The van der Waals surface area contributed by atoms with Crippen molar-refractivity contribution in [3.8, 4) is 0 Å². The molecule has 0 spiro atoms. The van der Waals surface area contributed by atoms with E-state index >= 15 is 0 Å². The van der Waals surface area contributed by atoms with E-state index < -0.39 is 49.0 Å². The largest absolute Gasteiger partial charge is 0.480 e. The summed E-state index contributed by atoms with van der Waals surface area (Å²) in [5.41, 5.74) is 7.69. The Balaban J connectivity index is 1.84. The van der Waals surface area contributed by atoms with Crippen molar-refractivity contribution in [2.45, 2.75) is 37.4 Å². The van der Waals surface area contributed by atoms with Gasteiger partial charge in [0, 0.05) is 12.0 Å². The maximum atomic E-state index is 13.0. The van der Waals surface area contributed by atoms with Crippen LogP contribution in [-0.4, -0.2) is 52.2 Å². The van der Waals surface area contributed by atoms with E-state index in [1.807, 2.05) is 60.7 Å². The van der Waals surface area contributed by atoms with Gasteiger partial charge in [0.05, 0.1) is 6.61 Å². The zero-order chi connectivity index (χ0) is 21.7. The Morgan fingerprint density at radius 2 is 1.60 bits per heavy atom. The lowest BCUT2D eigenvalue weighted by atomic mass is 9.88. The zero-order valence-corrected chi connectivity index (χ0v) is 16.7. The van der Waals surface area contributed by atoms with E-state index in [9.17, 15) is 15.0 Å². The monoisotopic (exact) mass is 413 g/mol. The fourth-order valence-corrected chi connectivity index (χ4v) is 3.41. The topological polar surface area (TPSA) is 122 Å². The number of hydrogen-bond acceptors (Lipinski definition) is 7. The molecule has 0 unspecified atom stereocenters. The Morgan fingerprint density at radius 3 is 2.10 bits per heavy atom. The molecule has 7 heteroatoms. The number of carbonyl (C=O) groups excluding carboxylic acids is 1. The third-order valence-corrected chi connectivity index (χ3v) is 5.28. The molecular formula is C23H27NO6. The molecule has 5 N–H and O–H groups in total. The highest BCUT2D eigenvalue weighted by atomic mass is 16.6. The van der Waals surface area contributed by atoms with Crippen molar-refractivity contribution in [1.29, 1.82) is 0 Å². The van der Waals surface area contributed by atoms with Gasteiger partial charge in [-0.25, -0.2) is 4.79 Å². The van der Waals surface area contributed by atoms with Crippen molar-refractivity contribution in [3.63, 3.8) is 0 Å². The minimum atomic E-state index is -1.42. The molecule has 0 saturated carbocycles. The number of benzene rings is 2. The van der Waals surface area contributed by atoms with Crippen LogP contribution in [0.5, 0.6) is 0 Å². The zero-order valence-electron chi connectivity index (χ0n) is 16.7. The molecule has 0 amide bonds. The first-order valence-electron chi connectivity index (χ1n) is 9.84. The van der Waals surface area contributed by atoms with Crippen LogP contribution in [0.25, 0.3) is 0 Å². The van der Waals surface area contributed by atoms with Gasteiger partial charge >= 0.3 is 5.97 Å². The van der Waals surface area contributed by atoms with Gasteiger partial charge in [0.25, 0.3) is 0 Å². The summed E-state index contributed by atoms with van der Waals surface area (Å²) in [5, 5.41) is 29.2. The van der Waals surface area contributed by atoms with Crippen LogP contribution in [0.1, 0.15) is 24.2 Å². The van der Waals surface area contributed by atoms with E-state index in [-0.39, 0.29) is 5.76 Å². The van der Waals surface area contributed by atoms with Crippen molar-refractivity contribution < 1.29 is 29.6 Å². The second-order valence-electron chi connectivity index (χ2n) is 7.40. The normalized spacial score (nSPS) is 23.3. The Hall–Kier alpha value is -2.71. The number of nitrogens with two attached hydrogens (primary N) is 1. The summed E-state index contributed by atoms with van der Waals surface area (Å²) in [5.74, 6) is -1.26. The highest BCUT2D eigenvalue weighted by molar-refractivity contribution is 5.87. The van der Waals surface area contributed by atoms with Crippen LogP contribution in [-0.2, 0) is 14.3 Å². The van der Waals surface area contributed by atoms with Crippen molar-refractivity contribution in [1.82, 2.24) is 0 Å². The summed E-state index contributed by atoms with van der Waals surface area (Å²) in [6, 6.07) is 18.0. The standard InChI is InChI=1S/C23H27NO6/c1-14-17(24)12-19(29-21(14)20(27)18(26)13-25)23(28)30-22(15-8-4-2-5-9-15)16-10-6-3-7-11-16/h2-12,14,17-18,20-22,25-27H,13,24H2,1H3/t14-,17+,18-,20-,21-/m1/s1. The van der Waals surface area contributed by atoms with Crippen LogP contribution in [0, 0.1) is 5.92 Å². The minimum absolute atomic E-state index is 0.133. The first-order valence-corrected chi connectivity index (χ1v) is 9.84. The Morgan fingerprint density at radius 1 is 1.07 bits per heavy atom. The molecule has 1 aliphatic heterocycles. The molecule has 0 bridgehead atoms. The molecule has 0 fully saturated rings. The highest BCUT2D eigenvalue weighted by Gasteiger charge is 2.40. The quantitative estimate of drug-likeness (QED) is 0.504. The number of rotatable bonds is 7. The van der Waals surface area contributed by atoms with Gasteiger partial charge in [-0.2, -0.15) is 0 Å². The summed E-state index contributed by atoms with van der Waals surface area (Å²) in [6.07, 6.45) is -3.00. The predicted molar refractivity (Wildman–Crippen MR) is 110 cm³/mol. The van der Waals surface area contributed by atoms with Crippen LogP contribution in [0.2, 0.25) is 0 Å². The molecule has 2 aromatic rings. The highest BCUT2D eigenvalue weighted by Crippen LogP contribution is 2.30. The number of ether oxygens (including phenoxy) is 2. The van der Waals surface area contributed by atoms with E-state index in [0.29, 0.717) is 0 Å². The summed E-state index contributed by atoms with van der Waals surface area (Å²) in [7, 11) is 0. The maximum Gasteiger partial charge on any atom is 0.374 e. The van der Waals surface area contributed by atoms with Gasteiger partial charge in [-0.15, -0.1) is 0 Å². The van der Waals surface area contributed by atoms with Gasteiger partial charge in [0.2, 0.25) is 5.76 Å². The van der Waals surface area contributed by atoms with Crippen LogP contribution < -0.4 is 5.73 Å².